The highest BCUT2D eigenvalue weighted by molar-refractivity contribution is 5.99. The van der Waals surface area contributed by atoms with Gasteiger partial charge in [-0.05, 0) is 32.4 Å². The Bertz CT molecular complexity index is 1170. The van der Waals surface area contributed by atoms with E-state index in [-0.39, 0.29) is 36.9 Å². The van der Waals surface area contributed by atoms with Gasteiger partial charge in [0.2, 0.25) is 5.43 Å². The van der Waals surface area contributed by atoms with Gasteiger partial charge < -0.3 is 15.3 Å². The Hall–Kier alpha value is -3.43. The van der Waals surface area contributed by atoms with E-state index in [2.05, 4.69) is 5.32 Å². The molecule has 0 unspecified atom stereocenters. The van der Waals surface area contributed by atoms with Crippen LogP contribution in [0.3, 0.4) is 0 Å². The van der Waals surface area contributed by atoms with Crippen molar-refractivity contribution in [2.45, 2.75) is 52.0 Å². The lowest BCUT2D eigenvalue weighted by Gasteiger charge is -2.41. The molecular weight excluding hydrogens is 422 g/mol. The zero-order chi connectivity index (χ0) is 23.3. The molecule has 1 aromatic heterocycles. The van der Waals surface area contributed by atoms with Crippen LogP contribution < -0.4 is 15.8 Å². The molecule has 170 valence electrons. The first-order valence-corrected chi connectivity index (χ1v) is 10.3. The quantitative estimate of drug-likeness (QED) is 0.750. The lowest BCUT2D eigenvalue weighted by atomic mass is 10.1. The van der Waals surface area contributed by atoms with Crippen molar-refractivity contribution in [2.24, 2.45) is 0 Å². The summed E-state index contributed by atoms with van der Waals surface area (Å²) in [6.07, 6.45) is 0.0218. The second-order valence-electron chi connectivity index (χ2n) is 8.39. The molecule has 2 N–H and O–H groups in total. The van der Waals surface area contributed by atoms with Crippen molar-refractivity contribution in [3.8, 4) is 5.75 Å². The van der Waals surface area contributed by atoms with Gasteiger partial charge in [0.05, 0.1) is 6.04 Å². The Morgan fingerprint density at radius 3 is 2.69 bits per heavy atom. The third kappa shape index (κ3) is 3.49. The van der Waals surface area contributed by atoms with E-state index in [1.807, 2.05) is 0 Å². The third-order valence-corrected chi connectivity index (χ3v) is 6.18. The molecule has 0 spiro atoms. The predicted molar refractivity (Wildman–Crippen MR) is 112 cm³/mol. The first-order valence-electron chi connectivity index (χ1n) is 10.3. The normalized spacial score (nSPS) is 22.4. The summed E-state index contributed by atoms with van der Waals surface area (Å²) in [6, 6.07) is 3.46. The molecule has 2 aliphatic rings. The van der Waals surface area contributed by atoms with Crippen LogP contribution in [-0.2, 0) is 6.54 Å². The van der Waals surface area contributed by atoms with Crippen LogP contribution in [0.2, 0.25) is 0 Å². The number of amides is 2. The molecule has 2 bridgehead atoms. The zero-order valence-corrected chi connectivity index (χ0v) is 17.9. The number of alkyl halides is 1. The number of aromatic nitrogens is 1. The Balaban J connectivity index is 1.70. The summed E-state index contributed by atoms with van der Waals surface area (Å²) >= 11 is 0. The van der Waals surface area contributed by atoms with Gasteiger partial charge in [-0.3, -0.25) is 24.1 Å². The smallest absolute Gasteiger partial charge is 0.278 e. The minimum atomic E-state index is -1.28. The van der Waals surface area contributed by atoms with Gasteiger partial charge in [-0.2, -0.15) is 0 Å². The minimum absolute atomic E-state index is 0.0481. The lowest BCUT2D eigenvalue weighted by Crippen LogP contribution is -2.57. The van der Waals surface area contributed by atoms with Crippen LogP contribution in [0.5, 0.6) is 5.75 Å². The summed E-state index contributed by atoms with van der Waals surface area (Å²) in [7, 11) is 0. The largest absolute Gasteiger partial charge is 0.502 e. The van der Waals surface area contributed by atoms with Crippen LogP contribution in [0.4, 0.5) is 8.78 Å². The fourth-order valence-electron chi connectivity index (χ4n) is 4.15. The molecule has 1 fully saturated rings. The maximum Gasteiger partial charge on any atom is 0.278 e. The molecule has 0 aliphatic carbocycles. The Morgan fingerprint density at radius 2 is 2.00 bits per heavy atom. The van der Waals surface area contributed by atoms with Crippen molar-refractivity contribution in [1.29, 1.82) is 0 Å². The van der Waals surface area contributed by atoms with Crippen LogP contribution in [0.15, 0.2) is 29.2 Å². The first-order chi connectivity index (χ1) is 15.1. The van der Waals surface area contributed by atoms with Crippen molar-refractivity contribution >= 4 is 11.8 Å². The molecule has 2 aliphatic heterocycles. The number of aromatic hydroxyl groups is 1. The monoisotopic (exact) mass is 446 g/mol. The molecule has 2 aromatic rings. The number of pyridine rings is 1. The van der Waals surface area contributed by atoms with Gasteiger partial charge in [0.1, 0.15) is 24.2 Å². The summed E-state index contributed by atoms with van der Waals surface area (Å²) in [6.45, 7) is 4.96. The number of carbonyl (C=O) groups excluding carboxylic acids is 2. The molecule has 2 amide bonds. The highest BCUT2D eigenvalue weighted by Gasteiger charge is 2.43. The van der Waals surface area contributed by atoms with E-state index in [1.165, 1.54) is 27.9 Å². The van der Waals surface area contributed by atoms with Gasteiger partial charge in [0.25, 0.3) is 11.8 Å². The van der Waals surface area contributed by atoms with E-state index >= 15 is 0 Å². The van der Waals surface area contributed by atoms with Crippen molar-refractivity contribution in [1.82, 2.24) is 14.9 Å². The van der Waals surface area contributed by atoms with Crippen LogP contribution in [0.1, 0.15) is 52.2 Å². The highest BCUT2D eigenvalue weighted by atomic mass is 19.1. The van der Waals surface area contributed by atoms with E-state index in [0.717, 1.165) is 5.56 Å². The van der Waals surface area contributed by atoms with Gasteiger partial charge in [0, 0.05) is 30.8 Å². The Morgan fingerprint density at radius 1 is 1.28 bits per heavy atom. The van der Waals surface area contributed by atoms with Crippen molar-refractivity contribution in [3.05, 3.63) is 62.8 Å². The maximum atomic E-state index is 14.6. The third-order valence-electron chi connectivity index (χ3n) is 6.18. The van der Waals surface area contributed by atoms with Gasteiger partial charge in [-0.15, -0.1) is 0 Å². The maximum absolute atomic E-state index is 14.6. The van der Waals surface area contributed by atoms with E-state index in [9.17, 15) is 28.3 Å². The van der Waals surface area contributed by atoms with Crippen LogP contribution >= 0.6 is 0 Å². The SMILES string of the molecule is Cc1ccc(CNC(=O)c2cn3c(c(O)c2=O)C(=O)N2CN3[C@H](C)C[C@@H](F)[C@@H]2C)c(F)c1. The average molecular weight is 446 g/mol. The molecule has 3 heterocycles. The zero-order valence-electron chi connectivity index (χ0n) is 17.9. The number of benzene rings is 1. The predicted octanol–water partition coefficient (Wildman–Crippen LogP) is 1.80. The Kier molecular flexibility index (Phi) is 5.39. The van der Waals surface area contributed by atoms with E-state index < -0.39 is 46.6 Å². The molecule has 8 nitrogen and oxygen atoms in total. The first kappa shape index (κ1) is 21.8. The van der Waals surface area contributed by atoms with Gasteiger partial charge in [-0.1, -0.05) is 12.1 Å². The molecule has 0 saturated carbocycles. The summed E-state index contributed by atoms with van der Waals surface area (Å²) in [5.41, 5.74) is -0.771. The molecule has 4 rings (SSSR count). The number of halogens is 2. The molecule has 1 saturated heterocycles. The van der Waals surface area contributed by atoms with E-state index in [0.29, 0.717) is 0 Å². The topological polar surface area (TPSA) is 94.9 Å². The van der Waals surface area contributed by atoms with Gasteiger partial charge >= 0.3 is 0 Å². The van der Waals surface area contributed by atoms with Gasteiger partial charge in [0.15, 0.2) is 11.4 Å². The highest BCUT2D eigenvalue weighted by Crippen LogP contribution is 2.30. The van der Waals surface area contributed by atoms with Gasteiger partial charge in [-0.25, -0.2) is 8.78 Å². The fraction of sp³-hybridized carbons (Fsp3) is 0.409. The summed E-state index contributed by atoms with van der Waals surface area (Å²) in [5.74, 6) is -2.88. The second-order valence-corrected chi connectivity index (χ2v) is 8.39. The molecule has 10 heteroatoms. The molecular formula is C22H24F2N4O4. The van der Waals surface area contributed by atoms with Crippen molar-refractivity contribution in [3.63, 3.8) is 0 Å². The minimum Gasteiger partial charge on any atom is -0.502 e. The number of nitrogens with zero attached hydrogens (tertiary/aromatic N) is 3. The van der Waals surface area contributed by atoms with Crippen LogP contribution in [0, 0.1) is 12.7 Å². The number of fused-ring (bicyclic) bond motifs is 4. The number of hydrogen-bond donors (Lipinski definition) is 2. The van der Waals surface area contributed by atoms with Crippen LogP contribution in [0.25, 0.3) is 0 Å². The molecule has 0 radical (unpaired) electrons. The summed E-state index contributed by atoms with van der Waals surface area (Å²) in [5, 5.41) is 14.7. The summed E-state index contributed by atoms with van der Waals surface area (Å²) in [4.78, 5) is 39.7. The number of carbonyl (C=O) groups is 2. The fourth-order valence-corrected chi connectivity index (χ4v) is 4.15. The summed E-state index contributed by atoms with van der Waals surface area (Å²) < 4.78 is 29.9. The average Bonchev–Trinajstić information content (AvgIpc) is 2.83. The van der Waals surface area contributed by atoms with Crippen molar-refractivity contribution in [2.75, 3.05) is 11.7 Å². The molecule has 3 atom stereocenters. The standard InChI is InChI=1S/C22H24F2N4O4/c1-11-4-5-14(17(24)6-11)8-25-21(31)15-9-27-18(20(30)19(15)29)22(32)26-10-28(27)12(2)7-16(23)13(26)3/h4-6,9,12-13,16,30H,7-8,10H2,1-3H3,(H,25,31)/t12-,13+,16-/m1/s1. The number of nitrogens with one attached hydrogen (secondary N) is 1. The lowest BCUT2D eigenvalue weighted by molar-refractivity contribution is 0.0553. The molecule has 32 heavy (non-hydrogen) atoms. The van der Waals surface area contributed by atoms with E-state index in [1.54, 1.807) is 31.8 Å². The number of rotatable bonds is 3. The van der Waals surface area contributed by atoms with Crippen LogP contribution in [-0.4, -0.2) is 51.4 Å². The van der Waals surface area contributed by atoms with Crippen molar-refractivity contribution < 1.29 is 23.5 Å². The molecule has 1 aromatic carbocycles. The van der Waals surface area contributed by atoms with E-state index in [4.69, 9.17) is 0 Å². The Labute approximate surface area is 183 Å². The number of hydrogen-bond acceptors (Lipinski definition) is 5. The second kappa shape index (κ2) is 7.92. The number of aryl methyl sites for hydroxylation is 1.